The zero-order chi connectivity index (χ0) is 25.2. The second kappa shape index (κ2) is 13.1. The molecule has 0 saturated carbocycles. The maximum atomic E-state index is 7.04. The van der Waals surface area contributed by atoms with E-state index >= 15 is 0 Å². The first-order chi connectivity index (χ1) is 17.7. The number of hydrogen-bond acceptors (Lipinski definition) is 2. The van der Waals surface area contributed by atoms with Gasteiger partial charge in [-0.2, -0.15) is 0 Å². The minimum Gasteiger partial charge on any atom is -0.492 e. The van der Waals surface area contributed by atoms with Crippen LogP contribution in [0.4, 0.5) is 0 Å². The molecule has 36 heavy (non-hydrogen) atoms. The van der Waals surface area contributed by atoms with Gasteiger partial charge in [-0.3, -0.25) is 0 Å². The van der Waals surface area contributed by atoms with E-state index in [1.165, 1.54) is 11.1 Å². The second-order valence-electron chi connectivity index (χ2n) is 8.81. The van der Waals surface area contributed by atoms with Crippen molar-refractivity contribution in [3.05, 3.63) is 137 Å². The zero-order valence-electron chi connectivity index (χ0n) is 21.2. The topological polar surface area (TPSA) is 12.5 Å². The third-order valence-electron chi connectivity index (χ3n) is 6.45. The van der Waals surface area contributed by atoms with Crippen molar-refractivity contribution < 1.29 is 4.74 Å². The smallest absolute Gasteiger partial charge is 0.119 e. The summed E-state index contributed by atoms with van der Waals surface area (Å²) >= 11 is 7.04. The van der Waals surface area contributed by atoms with Gasteiger partial charge in [0.25, 0.3) is 0 Å². The van der Waals surface area contributed by atoms with Gasteiger partial charge in [0.1, 0.15) is 12.4 Å². The molecule has 0 heterocycles. The highest BCUT2D eigenvalue weighted by atomic mass is 35.5. The Labute approximate surface area is 220 Å². The van der Waals surface area contributed by atoms with Crippen LogP contribution in [0.2, 0.25) is 0 Å². The van der Waals surface area contributed by atoms with Gasteiger partial charge in [0.2, 0.25) is 0 Å². The monoisotopic (exact) mass is 495 g/mol. The lowest BCUT2D eigenvalue weighted by atomic mass is 9.93. The molecule has 4 rings (SSSR count). The van der Waals surface area contributed by atoms with Gasteiger partial charge in [-0.25, -0.2) is 0 Å². The van der Waals surface area contributed by atoms with Crippen molar-refractivity contribution >= 4 is 22.2 Å². The third-order valence-corrected chi connectivity index (χ3v) is 6.86. The predicted octanol–water partition coefficient (Wildman–Crippen LogP) is 8.15. The van der Waals surface area contributed by atoms with Gasteiger partial charge in [0.05, 0.1) is 5.03 Å². The Hall–Kier alpha value is -3.33. The quantitative estimate of drug-likeness (QED) is 0.195. The Morgan fingerprint density at radius 1 is 0.639 bits per heavy atom. The lowest BCUT2D eigenvalue weighted by Crippen LogP contribution is -2.27. The highest BCUT2D eigenvalue weighted by molar-refractivity contribution is 6.53. The average molecular weight is 496 g/mol. The van der Waals surface area contributed by atoms with Crippen molar-refractivity contribution in [1.29, 1.82) is 0 Å². The van der Waals surface area contributed by atoms with Crippen molar-refractivity contribution in [1.82, 2.24) is 4.90 Å². The van der Waals surface area contributed by atoms with Crippen molar-refractivity contribution in [3.63, 3.8) is 0 Å². The summed E-state index contributed by atoms with van der Waals surface area (Å²) in [5.41, 5.74) is 6.76. The third kappa shape index (κ3) is 6.87. The normalized spacial score (nSPS) is 11.9. The maximum absolute atomic E-state index is 7.04. The molecule has 2 nitrogen and oxygen atoms in total. The molecule has 3 heteroatoms. The van der Waals surface area contributed by atoms with Crippen LogP contribution in [0.15, 0.2) is 109 Å². The molecule has 4 aromatic carbocycles. The Morgan fingerprint density at radius 2 is 1.17 bits per heavy atom. The molecule has 0 atom stereocenters. The lowest BCUT2D eigenvalue weighted by Gasteiger charge is -2.18. The van der Waals surface area contributed by atoms with E-state index in [0.717, 1.165) is 59.1 Å². The number of likely N-dealkylation sites (N-methyl/N-ethyl adjacent to an activating group) is 1. The molecule has 0 unspecified atom stereocenters. The molecule has 0 aliphatic heterocycles. The number of benzene rings is 4. The van der Waals surface area contributed by atoms with E-state index in [2.05, 4.69) is 97.6 Å². The molecule has 4 aromatic rings. The van der Waals surface area contributed by atoms with E-state index in [1.54, 1.807) is 0 Å². The summed E-state index contributed by atoms with van der Waals surface area (Å²) in [7, 11) is 0. The summed E-state index contributed by atoms with van der Waals surface area (Å²) in [4.78, 5) is 2.36. The van der Waals surface area contributed by atoms with E-state index < -0.39 is 0 Å². The summed E-state index contributed by atoms with van der Waals surface area (Å²) < 4.78 is 6.01. The minimum absolute atomic E-state index is 0.678. The molecular formula is C33H34ClNO. The molecule has 0 radical (unpaired) electrons. The van der Waals surface area contributed by atoms with E-state index in [-0.39, 0.29) is 0 Å². The van der Waals surface area contributed by atoms with Gasteiger partial charge in [0.15, 0.2) is 0 Å². The van der Waals surface area contributed by atoms with Gasteiger partial charge in [-0.15, -0.1) is 0 Å². The molecule has 0 saturated heterocycles. The van der Waals surface area contributed by atoms with E-state index in [9.17, 15) is 0 Å². The van der Waals surface area contributed by atoms with Crippen LogP contribution in [0.5, 0.6) is 5.75 Å². The zero-order valence-corrected chi connectivity index (χ0v) is 21.9. The van der Waals surface area contributed by atoms with E-state index in [4.69, 9.17) is 16.3 Å². The first-order valence-corrected chi connectivity index (χ1v) is 13.1. The highest BCUT2D eigenvalue weighted by Gasteiger charge is 2.13. The summed E-state index contributed by atoms with van der Waals surface area (Å²) in [5.74, 6) is 0.874. The van der Waals surface area contributed by atoms with Crippen molar-refractivity contribution in [3.8, 4) is 5.75 Å². The Bertz CT molecular complexity index is 1230. The standard InChI is InChI=1S/C33H34ClNO/c1-3-35(4-2)23-24-36-31-21-19-29(20-22-31)32(33(34)30-13-9-6-10-14-30)28-17-15-27(16-18-28)25-26-11-7-5-8-12-26/h5-22H,3-4,23-25H2,1-2H3/b33-32-. The van der Waals surface area contributed by atoms with Crippen molar-refractivity contribution in [2.24, 2.45) is 0 Å². The van der Waals surface area contributed by atoms with Crippen LogP contribution in [0.25, 0.3) is 10.6 Å². The van der Waals surface area contributed by atoms with Gasteiger partial charge < -0.3 is 9.64 Å². The number of ether oxygens (including phenoxy) is 1. The molecule has 0 fully saturated rings. The number of rotatable bonds is 11. The van der Waals surface area contributed by atoms with E-state index in [0.29, 0.717) is 6.61 Å². The fraction of sp³-hybridized carbons (Fsp3) is 0.212. The van der Waals surface area contributed by atoms with Crippen LogP contribution in [-0.2, 0) is 6.42 Å². The molecule has 184 valence electrons. The summed E-state index contributed by atoms with van der Waals surface area (Å²) in [6, 6.07) is 37.7. The van der Waals surface area contributed by atoms with Crippen molar-refractivity contribution in [2.45, 2.75) is 20.3 Å². The predicted molar refractivity (Wildman–Crippen MR) is 154 cm³/mol. The van der Waals surface area contributed by atoms with Crippen LogP contribution in [-0.4, -0.2) is 31.1 Å². The van der Waals surface area contributed by atoms with Crippen molar-refractivity contribution in [2.75, 3.05) is 26.2 Å². The van der Waals surface area contributed by atoms with E-state index in [1.807, 2.05) is 30.3 Å². The van der Waals surface area contributed by atoms with Gasteiger partial charge in [-0.1, -0.05) is 123 Å². The lowest BCUT2D eigenvalue weighted by molar-refractivity contribution is 0.223. The molecule has 0 aliphatic rings. The fourth-order valence-corrected chi connectivity index (χ4v) is 4.66. The maximum Gasteiger partial charge on any atom is 0.119 e. The Balaban J connectivity index is 1.59. The van der Waals surface area contributed by atoms with Gasteiger partial charge in [-0.05, 0) is 59.5 Å². The van der Waals surface area contributed by atoms with Gasteiger partial charge >= 0.3 is 0 Å². The average Bonchev–Trinajstić information content (AvgIpc) is 2.94. The largest absolute Gasteiger partial charge is 0.492 e. The minimum atomic E-state index is 0.678. The summed E-state index contributed by atoms with van der Waals surface area (Å²) in [6.07, 6.45) is 0.909. The molecule has 0 N–H and O–H groups in total. The van der Waals surface area contributed by atoms with Crippen LogP contribution < -0.4 is 4.74 Å². The fourth-order valence-electron chi connectivity index (χ4n) is 4.32. The number of nitrogens with zero attached hydrogens (tertiary/aromatic N) is 1. The number of halogens is 1. The molecule has 0 aromatic heterocycles. The first kappa shape index (κ1) is 25.8. The van der Waals surface area contributed by atoms with Crippen LogP contribution in [0.1, 0.15) is 41.7 Å². The molecular weight excluding hydrogens is 462 g/mol. The number of hydrogen-bond donors (Lipinski definition) is 0. The van der Waals surface area contributed by atoms with Gasteiger partial charge in [0, 0.05) is 12.1 Å². The molecule has 0 spiro atoms. The molecule has 0 bridgehead atoms. The van der Waals surface area contributed by atoms with Crippen LogP contribution >= 0.6 is 11.6 Å². The Morgan fingerprint density at radius 3 is 1.75 bits per heavy atom. The first-order valence-electron chi connectivity index (χ1n) is 12.7. The molecule has 0 amide bonds. The Kier molecular flexibility index (Phi) is 9.38. The molecule has 0 aliphatic carbocycles. The SMILES string of the molecule is CCN(CC)CCOc1ccc(/C(=C(\Cl)c2ccccc2)c2ccc(Cc3ccccc3)cc2)cc1. The van der Waals surface area contributed by atoms with Crippen LogP contribution in [0, 0.1) is 0 Å². The second-order valence-corrected chi connectivity index (χ2v) is 9.19. The highest BCUT2D eigenvalue weighted by Crippen LogP contribution is 2.35. The summed E-state index contributed by atoms with van der Waals surface area (Å²) in [5, 5.41) is 0.738. The summed E-state index contributed by atoms with van der Waals surface area (Å²) in [6.45, 7) is 8.03. The van der Waals surface area contributed by atoms with Crippen LogP contribution in [0.3, 0.4) is 0 Å².